The highest BCUT2D eigenvalue weighted by molar-refractivity contribution is 7.13. The van der Waals surface area contributed by atoms with Gasteiger partial charge in [0.05, 0.1) is 5.41 Å². The summed E-state index contributed by atoms with van der Waals surface area (Å²) in [6.45, 7) is 1.31. The van der Waals surface area contributed by atoms with Crippen LogP contribution >= 0.6 is 11.3 Å². The number of piperidine rings is 1. The molecule has 28 heavy (non-hydrogen) atoms. The number of rotatable bonds is 5. The molecule has 2 aromatic rings. The Kier molecular flexibility index (Phi) is 5.54. The zero-order chi connectivity index (χ0) is 19.6. The van der Waals surface area contributed by atoms with Crippen LogP contribution in [-0.4, -0.2) is 36.9 Å². The molecule has 4 nitrogen and oxygen atoms in total. The van der Waals surface area contributed by atoms with Gasteiger partial charge in [0.1, 0.15) is 0 Å². The van der Waals surface area contributed by atoms with Crippen molar-refractivity contribution >= 4 is 23.2 Å². The van der Waals surface area contributed by atoms with Gasteiger partial charge in [0.2, 0.25) is 11.8 Å². The molecule has 0 unspecified atom stereocenters. The van der Waals surface area contributed by atoms with E-state index in [1.807, 2.05) is 11.0 Å². The lowest BCUT2D eigenvalue weighted by atomic mass is 9.72. The SMILES string of the molecule is CNC(=O)[C@@]1(Cc2ccccc2-c2cccs2)CCCN(C(=O)C2CCC2)C1. The fourth-order valence-electron chi connectivity index (χ4n) is 4.62. The molecule has 1 aliphatic carbocycles. The number of benzene rings is 1. The Balaban J connectivity index is 1.64. The first-order valence-corrected chi connectivity index (χ1v) is 11.1. The number of nitrogens with one attached hydrogen (secondary N) is 1. The molecule has 1 saturated carbocycles. The molecule has 5 heteroatoms. The van der Waals surface area contributed by atoms with Gasteiger partial charge in [0, 0.05) is 30.9 Å². The number of carbonyl (C=O) groups is 2. The summed E-state index contributed by atoms with van der Waals surface area (Å²) in [5.74, 6) is 0.490. The van der Waals surface area contributed by atoms with Crippen molar-refractivity contribution in [3.05, 3.63) is 47.3 Å². The smallest absolute Gasteiger partial charge is 0.228 e. The summed E-state index contributed by atoms with van der Waals surface area (Å²) in [7, 11) is 1.71. The number of amides is 2. The molecule has 1 aromatic heterocycles. The van der Waals surface area contributed by atoms with Crippen molar-refractivity contribution in [2.75, 3.05) is 20.1 Å². The van der Waals surface area contributed by atoms with Crippen molar-refractivity contribution in [1.82, 2.24) is 10.2 Å². The fourth-order valence-corrected chi connectivity index (χ4v) is 5.41. The lowest BCUT2D eigenvalue weighted by Gasteiger charge is -2.43. The summed E-state index contributed by atoms with van der Waals surface area (Å²) in [6, 6.07) is 12.6. The molecule has 0 bridgehead atoms. The minimum atomic E-state index is -0.556. The van der Waals surface area contributed by atoms with Crippen LogP contribution in [0.2, 0.25) is 0 Å². The minimum Gasteiger partial charge on any atom is -0.359 e. The molecule has 0 spiro atoms. The van der Waals surface area contributed by atoms with Crippen LogP contribution in [0.1, 0.15) is 37.7 Å². The van der Waals surface area contributed by atoms with E-state index in [2.05, 4.69) is 41.0 Å². The van der Waals surface area contributed by atoms with E-state index in [9.17, 15) is 9.59 Å². The third kappa shape index (κ3) is 3.60. The average Bonchev–Trinajstić information content (AvgIpc) is 3.21. The predicted octanol–water partition coefficient (Wildman–Crippen LogP) is 4.11. The van der Waals surface area contributed by atoms with Gasteiger partial charge in [0.15, 0.2) is 0 Å². The summed E-state index contributed by atoms with van der Waals surface area (Å²) < 4.78 is 0. The summed E-state index contributed by atoms with van der Waals surface area (Å²) in [4.78, 5) is 29.1. The second-order valence-electron chi connectivity index (χ2n) is 8.16. The summed E-state index contributed by atoms with van der Waals surface area (Å²) in [6.07, 6.45) is 5.52. The Morgan fingerprint density at radius 3 is 2.68 bits per heavy atom. The van der Waals surface area contributed by atoms with E-state index in [0.29, 0.717) is 13.0 Å². The first-order valence-electron chi connectivity index (χ1n) is 10.3. The molecule has 4 rings (SSSR count). The number of thiophene rings is 1. The van der Waals surface area contributed by atoms with Crippen LogP contribution < -0.4 is 5.32 Å². The van der Waals surface area contributed by atoms with Crippen LogP contribution in [0.5, 0.6) is 0 Å². The van der Waals surface area contributed by atoms with Crippen molar-refractivity contribution < 1.29 is 9.59 Å². The number of likely N-dealkylation sites (tertiary alicyclic amines) is 1. The zero-order valence-electron chi connectivity index (χ0n) is 16.4. The number of nitrogens with zero attached hydrogens (tertiary/aromatic N) is 1. The maximum atomic E-state index is 13.1. The molecule has 1 aromatic carbocycles. The molecule has 1 aliphatic heterocycles. The minimum absolute atomic E-state index is 0.0552. The lowest BCUT2D eigenvalue weighted by molar-refractivity contribution is -0.146. The van der Waals surface area contributed by atoms with Crippen LogP contribution in [0.15, 0.2) is 41.8 Å². The third-order valence-electron chi connectivity index (χ3n) is 6.38. The first kappa shape index (κ1) is 19.2. The molecular formula is C23H28N2O2S. The maximum Gasteiger partial charge on any atom is 0.228 e. The van der Waals surface area contributed by atoms with Gasteiger partial charge in [-0.15, -0.1) is 11.3 Å². The average molecular weight is 397 g/mol. The lowest BCUT2D eigenvalue weighted by Crippen LogP contribution is -2.55. The van der Waals surface area contributed by atoms with E-state index in [0.717, 1.165) is 38.6 Å². The van der Waals surface area contributed by atoms with E-state index in [1.165, 1.54) is 16.0 Å². The second kappa shape index (κ2) is 8.08. The van der Waals surface area contributed by atoms with Gasteiger partial charge in [-0.1, -0.05) is 36.8 Å². The van der Waals surface area contributed by atoms with Crippen molar-refractivity contribution in [2.45, 2.75) is 38.5 Å². The Labute approximate surface area is 170 Å². The van der Waals surface area contributed by atoms with Gasteiger partial charge in [-0.3, -0.25) is 9.59 Å². The van der Waals surface area contributed by atoms with Gasteiger partial charge < -0.3 is 10.2 Å². The Morgan fingerprint density at radius 1 is 1.18 bits per heavy atom. The molecule has 0 radical (unpaired) electrons. The Morgan fingerprint density at radius 2 is 2.00 bits per heavy atom. The van der Waals surface area contributed by atoms with Crippen molar-refractivity contribution in [2.24, 2.45) is 11.3 Å². The van der Waals surface area contributed by atoms with Crippen LogP contribution in [0.4, 0.5) is 0 Å². The highest BCUT2D eigenvalue weighted by Gasteiger charge is 2.44. The first-order chi connectivity index (χ1) is 13.6. The number of hydrogen-bond donors (Lipinski definition) is 1. The summed E-state index contributed by atoms with van der Waals surface area (Å²) in [5.41, 5.74) is 1.83. The number of carbonyl (C=O) groups excluding carboxylic acids is 2. The molecule has 2 amide bonds. The molecule has 1 atom stereocenters. The zero-order valence-corrected chi connectivity index (χ0v) is 17.3. The number of hydrogen-bond acceptors (Lipinski definition) is 3. The molecular weight excluding hydrogens is 368 g/mol. The molecule has 1 N–H and O–H groups in total. The fraction of sp³-hybridized carbons (Fsp3) is 0.478. The van der Waals surface area contributed by atoms with Gasteiger partial charge in [-0.2, -0.15) is 0 Å². The Bertz CT molecular complexity index is 844. The van der Waals surface area contributed by atoms with Crippen molar-refractivity contribution in [1.29, 1.82) is 0 Å². The predicted molar refractivity (Wildman–Crippen MR) is 113 cm³/mol. The summed E-state index contributed by atoms with van der Waals surface area (Å²) in [5, 5.41) is 4.98. The second-order valence-corrected chi connectivity index (χ2v) is 9.11. The summed E-state index contributed by atoms with van der Waals surface area (Å²) >= 11 is 1.72. The van der Waals surface area contributed by atoms with E-state index >= 15 is 0 Å². The van der Waals surface area contributed by atoms with Crippen LogP contribution in [-0.2, 0) is 16.0 Å². The molecule has 2 fully saturated rings. The van der Waals surface area contributed by atoms with E-state index in [4.69, 9.17) is 0 Å². The normalized spacial score (nSPS) is 22.5. The quantitative estimate of drug-likeness (QED) is 0.827. The maximum absolute atomic E-state index is 13.1. The highest BCUT2D eigenvalue weighted by Crippen LogP contribution is 2.39. The van der Waals surface area contributed by atoms with E-state index in [-0.39, 0.29) is 17.7 Å². The van der Waals surface area contributed by atoms with Crippen LogP contribution in [0, 0.1) is 11.3 Å². The molecule has 1 saturated heterocycles. The van der Waals surface area contributed by atoms with Gasteiger partial charge in [-0.05, 0) is 54.7 Å². The van der Waals surface area contributed by atoms with Crippen molar-refractivity contribution in [3.63, 3.8) is 0 Å². The largest absolute Gasteiger partial charge is 0.359 e. The molecule has 2 aliphatic rings. The standard InChI is InChI=1S/C23H28N2O2S/c1-24-22(27)23(12-6-13-25(16-23)21(26)17-8-4-9-17)15-18-7-2-3-10-19(18)20-11-5-14-28-20/h2-3,5,7,10-11,14,17H,4,6,8-9,12-13,15-16H2,1H3,(H,24,27)/t23-/m1/s1. The Hall–Kier alpha value is -2.14. The monoisotopic (exact) mass is 396 g/mol. The van der Waals surface area contributed by atoms with Gasteiger partial charge in [0.25, 0.3) is 0 Å². The third-order valence-corrected chi connectivity index (χ3v) is 7.29. The van der Waals surface area contributed by atoms with E-state index in [1.54, 1.807) is 18.4 Å². The highest BCUT2D eigenvalue weighted by atomic mass is 32.1. The topological polar surface area (TPSA) is 49.4 Å². The van der Waals surface area contributed by atoms with E-state index < -0.39 is 5.41 Å². The van der Waals surface area contributed by atoms with Gasteiger partial charge >= 0.3 is 0 Å². The van der Waals surface area contributed by atoms with Crippen LogP contribution in [0.25, 0.3) is 10.4 Å². The molecule has 148 valence electrons. The van der Waals surface area contributed by atoms with Crippen molar-refractivity contribution in [3.8, 4) is 10.4 Å². The van der Waals surface area contributed by atoms with Crippen LogP contribution in [0.3, 0.4) is 0 Å². The molecule has 2 heterocycles. The van der Waals surface area contributed by atoms with Gasteiger partial charge in [-0.25, -0.2) is 0 Å².